The predicted molar refractivity (Wildman–Crippen MR) is 64.1 cm³/mol. The average molecular weight is 251 g/mol. The minimum atomic E-state index is -0.860. The molecule has 0 spiro atoms. The lowest BCUT2D eigenvalue weighted by Crippen LogP contribution is -2.44. The molecule has 1 amide bonds. The summed E-state index contributed by atoms with van der Waals surface area (Å²) < 4.78 is 1.71. The Bertz CT molecular complexity index is 455. The van der Waals surface area contributed by atoms with Crippen molar-refractivity contribution in [1.29, 1.82) is 0 Å². The standard InChI is InChI=1S/C12H17N3O3/c1-14-7-10(13-8-14)12(18)15-5-3-2-4-9(15)6-11(16)17/h7-9H,2-6H2,1H3,(H,16,17). The van der Waals surface area contributed by atoms with Gasteiger partial charge in [-0.25, -0.2) is 4.98 Å². The number of aromatic nitrogens is 2. The molecule has 1 atom stereocenters. The number of aryl methyl sites for hydroxylation is 1. The Morgan fingerprint density at radius 2 is 2.28 bits per heavy atom. The highest BCUT2D eigenvalue weighted by atomic mass is 16.4. The summed E-state index contributed by atoms with van der Waals surface area (Å²) in [7, 11) is 1.80. The summed E-state index contributed by atoms with van der Waals surface area (Å²) >= 11 is 0. The lowest BCUT2D eigenvalue weighted by atomic mass is 9.99. The fraction of sp³-hybridized carbons (Fsp3) is 0.583. The van der Waals surface area contributed by atoms with Gasteiger partial charge in [0.2, 0.25) is 0 Å². The van der Waals surface area contributed by atoms with E-state index in [4.69, 9.17) is 5.11 Å². The van der Waals surface area contributed by atoms with Crippen molar-refractivity contribution in [2.24, 2.45) is 7.05 Å². The fourth-order valence-electron chi connectivity index (χ4n) is 2.35. The van der Waals surface area contributed by atoms with Crippen LogP contribution in [0, 0.1) is 0 Å². The highest BCUT2D eigenvalue weighted by Crippen LogP contribution is 2.21. The predicted octanol–water partition coefficient (Wildman–Crippen LogP) is 0.890. The van der Waals surface area contributed by atoms with Crippen LogP contribution in [0.15, 0.2) is 12.5 Å². The summed E-state index contributed by atoms with van der Waals surface area (Å²) in [5, 5.41) is 8.88. The molecule has 1 fully saturated rings. The van der Waals surface area contributed by atoms with E-state index in [0.717, 1.165) is 19.3 Å². The zero-order valence-corrected chi connectivity index (χ0v) is 10.4. The van der Waals surface area contributed by atoms with Crippen LogP contribution < -0.4 is 0 Å². The maximum absolute atomic E-state index is 12.3. The molecule has 18 heavy (non-hydrogen) atoms. The van der Waals surface area contributed by atoms with Gasteiger partial charge in [-0.3, -0.25) is 9.59 Å². The molecule has 1 aromatic heterocycles. The summed E-state index contributed by atoms with van der Waals surface area (Å²) in [5.74, 6) is -1.03. The second-order valence-corrected chi connectivity index (χ2v) is 4.67. The van der Waals surface area contributed by atoms with E-state index >= 15 is 0 Å². The summed E-state index contributed by atoms with van der Waals surface area (Å²) in [6.45, 7) is 0.618. The van der Waals surface area contributed by atoms with Crippen LogP contribution in [0.3, 0.4) is 0 Å². The molecule has 0 bridgehead atoms. The molecular formula is C12H17N3O3. The Balaban J connectivity index is 2.13. The van der Waals surface area contributed by atoms with Crippen LogP contribution in [0.4, 0.5) is 0 Å². The van der Waals surface area contributed by atoms with Crippen LogP contribution in [0.1, 0.15) is 36.2 Å². The summed E-state index contributed by atoms with van der Waals surface area (Å²) in [6, 6.07) is -0.203. The maximum atomic E-state index is 12.3. The number of carbonyl (C=O) groups is 2. The number of likely N-dealkylation sites (tertiary alicyclic amines) is 1. The molecule has 1 N–H and O–H groups in total. The van der Waals surface area contributed by atoms with Crippen molar-refractivity contribution in [3.05, 3.63) is 18.2 Å². The SMILES string of the molecule is Cn1cnc(C(=O)N2CCCCC2CC(=O)O)c1. The van der Waals surface area contributed by atoms with Crippen LogP contribution in [-0.4, -0.2) is 44.0 Å². The lowest BCUT2D eigenvalue weighted by Gasteiger charge is -2.34. The van der Waals surface area contributed by atoms with Crippen LogP contribution >= 0.6 is 0 Å². The molecular weight excluding hydrogens is 234 g/mol. The molecule has 6 nitrogen and oxygen atoms in total. The van der Waals surface area contributed by atoms with E-state index < -0.39 is 5.97 Å². The van der Waals surface area contributed by atoms with Gasteiger partial charge in [-0.15, -0.1) is 0 Å². The molecule has 0 radical (unpaired) electrons. The zero-order valence-electron chi connectivity index (χ0n) is 10.4. The maximum Gasteiger partial charge on any atom is 0.305 e. The molecule has 1 aliphatic rings. The topological polar surface area (TPSA) is 75.4 Å². The number of carboxylic acid groups (broad SMARTS) is 1. The molecule has 6 heteroatoms. The van der Waals surface area contributed by atoms with Gasteiger partial charge in [0.15, 0.2) is 0 Å². The van der Waals surface area contributed by atoms with Crippen LogP contribution in [0.5, 0.6) is 0 Å². The molecule has 1 aromatic rings. The van der Waals surface area contributed by atoms with Crippen molar-refractivity contribution in [3.8, 4) is 0 Å². The first kappa shape index (κ1) is 12.6. The van der Waals surface area contributed by atoms with Crippen LogP contribution in [-0.2, 0) is 11.8 Å². The fourth-order valence-corrected chi connectivity index (χ4v) is 2.35. The van der Waals surface area contributed by atoms with Gasteiger partial charge in [0.25, 0.3) is 5.91 Å². The molecule has 1 unspecified atom stereocenters. The Morgan fingerprint density at radius 3 is 2.89 bits per heavy atom. The van der Waals surface area contributed by atoms with E-state index in [1.54, 1.807) is 29.0 Å². The number of hydrogen-bond acceptors (Lipinski definition) is 3. The number of amides is 1. The van der Waals surface area contributed by atoms with Crippen molar-refractivity contribution >= 4 is 11.9 Å². The first-order valence-electron chi connectivity index (χ1n) is 6.08. The van der Waals surface area contributed by atoms with E-state index in [1.807, 2.05) is 0 Å². The van der Waals surface area contributed by atoms with Crippen molar-refractivity contribution in [2.45, 2.75) is 31.7 Å². The number of aliphatic carboxylic acids is 1. The second kappa shape index (κ2) is 5.20. The summed E-state index contributed by atoms with van der Waals surface area (Å²) in [6.07, 6.45) is 5.90. The Kier molecular flexibility index (Phi) is 3.64. The average Bonchev–Trinajstić information content (AvgIpc) is 2.75. The minimum Gasteiger partial charge on any atom is -0.481 e. The summed E-state index contributed by atoms with van der Waals surface area (Å²) in [4.78, 5) is 28.8. The quantitative estimate of drug-likeness (QED) is 0.865. The van der Waals surface area contributed by atoms with Crippen molar-refractivity contribution in [1.82, 2.24) is 14.5 Å². The van der Waals surface area contributed by atoms with Gasteiger partial charge in [-0.2, -0.15) is 0 Å². The Labute approximate surface area is 105 Å². The number of carboxylic acids is 1. The van der Waals surface area contributed by atoms with Gasteiger partial charge in [-0.05, 0) is 19.3 Å². The van der Waals surface area contributed by atoms with Gasteiger partial charge in [0, 0.05) is 25.8 Å². The second-order valence-electron chi connectivity index (χ2n) is 4.67. The van der Waals surface area contributed by atoms with Crippen LogP contribution in [0.2, 0.25) is 0 Å². The van der Waals surface area contributed by atoms with Gasteiger partial charge >= 0.3 is 5.97 Å². The van der Waals surface area contributed by atoms with Gasteiger partial charge in [0.05, 0.1) is 12.7 Å². The van der Waals surface area contributed by atoms with Crippen molar-refractivity contribution in [2.75, 3.05) is 6.54 Å². The molecule has 0 aliphatic carbocycles. The van der Waals surface area contributed by atoms with E-state index in [9.17, 15) is 9.59 Å². The molecule has 2 heterocycles. The van der Waals surface area contributed by atoms with Crippen molar-refractivity contribution in [3.63, 3.8) is 0 Å². The number of imidazole rings is 1. The van der Waals surface area contributed by atoms with E-state index in [1.165, 1.54) is 0 Å². The molecule has 0 saturated carbocycles. The number of hydrogen-bond donors (Lipinski definition) is 1. The van der Waals surface area contributed by atoms with Crippen molar-refractivity contribution < 1.29 is 14.7 Å². The first-order valence-corrected chi connectivity index (χ1v) is 6.08. The molecule has 98 valence electrons. The highest BCUT2D eigenvalue weighted by molar-refractivity contribution is 5.92. The molecule has 1 saturated heterocycles. The Hall–Kier alpha value is -1.85. The number of rotatable bonds is 3. The van der Waals surface area contributed by atoms with Crippen LogP contribution in [0.25, 0.3) is 0 Å². The number of carbonyl (C=O) groups excluding carboxylic acids is 1. The van der Waals surface area contributed by atoms with Gasteiger partial charge in [-0.1, -0.05) is 0 Å². The zero-order chi connectivity index (χ0) is 13.1. The van der Waals surface area contributed by atoms with E-state index in [0.29, 0.717) is 12.2 Å². The monoisotopic (exact) mass is 251 g/mol. The van der Waals surface area contributed by atoms with Gasteiger partial charge in [0.1, 0.15) is 5.69 Å². The Morgan fingerprint density at radius 1 is 1.50 bits per heavy atom. The molecule has 1 aliphatic heterocycles. The third kappa shape index (κ3) is 2.69. The summed E-state index contributed by atoms with van der Waals surface area (Å²) in [5.41, 5.74) is 0.384. The first-order chi connectivity index (χ1) is 8.58. The third-order valence-electron chi connectivity index (χ3n) is 3.22. The molecule has 0 aromatic carbocycles. The third-order valence-corrected chi connectivity index (χ3v) is 3.22. The lowest BCUT2D eigenvalue weighted by molar-refractivity contribution is -0.138. The highest BCUT2D eigenvalue weighted by Gasteiger charge is 2.29. The largest absolute Gasteiger partial charge is 0.481 e. The smallest absolute Gasteiger partial charge is 0.305 e. The minimum absolute atomic E-state index is 0.0125. The molecule has 2 rings (SSSR count). The number of piperidine rings is 1. The number of nitrogens with zero attached hydrogens (tertiary/aromatic N) is 3. The normalized spacial score (nSPS) is 19.8. The van der Waals surface area contributed by atoms with E-state index in [2.05, 4.69) is 4.98 Å². The van der Waals surface area contributed by atoms with Gasteiger partial charge < -0.3 is 14.6 Å². The van der Waals surface area contributed by atoms with E-state index in [-0.39, 0.29) is 18.4 Å².